The van der Waals surface area contributed by atoms with Crippen LogP contribution in [-0.2, 0) is 4.79 Å². The number of benzene rings is 3. The molecular formula is C25H19ClF2N2O. The third-order valence-electron chi connectivity index (χ3n) is 5.94. The molecule has 1 heterocycles. The number of carbonyl (C=O) groups excluding carboxylic acids is 1. The van der Waals surface area contributed by atoms with Gasteiger partial charge in [-0.2, -0.15) is 0 Å². The molecule has 0 fully saturated rings. The van der Waals surface area contributed by atoms with E-state index in [0.29, 0.717) is 12.0 Å². The Labute approximate surface area is 183 Å². The van der Waals surface area contributed by atoms with Gasteiger partial charge in [-0.1, -0.05) is 41.9 Å². The molecule has 3 aromatic rings. The van der Waals surface area contributed by atoms with Crippen molar-refractivity contribution in [2.45, 2.75) is 24.8 Å². The van der Waals surface area contributed by atoms with Crippen molar-refractivity contribution in [2.75, 3.05) is 10.6 Å². The molecule has 0 amide bonds. The van der Waals surface area contributed by atoms with Gasteiger partial charge in [0.25, 0.3) is 0 Å². The topological polar surface area (TPSA) is 41.1 Å². The van der Waals surface area contributed by atoms with Crippen molar-refractivity contribution in [2.24, 2.45) is 0 Å². The highest BCUT2D eigenvalue weighted by Gasteiger charge is 2.37. The highest BCUT2D eigenvalue weighted by atomic mass is 35.5. The lowest BCUT2D eigenvalue weighted by molar-refractivity contribution is -0.116. The number of allylic oxidation sites excluding steroid dienone is 1. The Hall–Kier alpha value is -3.18. The highest BCUT2D eigenvalue weighted by Crippen LogP contribution is 2.45. The lowest BCUT2D eigenvalue weighted by atomic mass is 9.78. The molecule has 0 saturated heterocycles. The van der Waals surface area contributed by atoms with Gasteiger partial charge in [0.2, 0.25) is 0 Å². The molecule has 5 rings (SSSR count). The van der Waals surface area contributed by atoms with Crippen molar-refractivity contribution >= 4 is 28.8 Å². The zero-order chi connectivity index (χ0) is 21.5. The second-order valence-electron chi connectivity index (χ2n) is 7.86. The van der Waals surface area contributed by atoms with Crippen molar-refractivity contribution in [3.05, 3.63) is 106 Å². The van der Waals surface area contributed by atoms with E-state index in [1.807, 2.05) is 24.3 Å². The van der Waals surface area contributed by atoms with Crippen LogP contribution in [0.4, 0.5) is 20.2 Å². The Bertz CT molecular complexity index is 1190. The van der Waals surface area contributed by atoms with Crippen LogP contribution in [0.5, 0.6) is 0 Å². The molecule has 0 saturated carbocycles. The standard InChI is InChI=1S/C25H19ClF2N2O/c26-17-4-3-5-18(28)23(17)25-24-21(29-19-6-1-2-7-20(19)30-25)12-15(13-22(24)31)14-8-10-16(27)11-9-14/h1-11,15,25,29-30H,12-13H2. The molecular weight excluding hydrogens is 418 g/mol. The Morgan fingerprint density at radius 2 is 1.61 bits per heavy atom. The highest BCUT2D eigenvalue weighted by molar-refractivity contribution is 6.31. The van der Waals surface area contributed by atoms with Crippen LogP contribution in [0.15, 0.2) is 78.0 Å². The van der Waals surface area contributed by atoms with Gasteiger partial charge in [-0.3, -0.25) is 4.79 Å². The maximum atomic E-state index is 14.9. The van der Waals surface area contributed by atoms with E-state index in [0.717, 1.165) is 22.6 Å². The predicted molar refractivity (Wildman–Crippen MR) is 118 cm³/mol. The van der Waals surface area contributed by atoms with E-state index in [1.54, 1.807) is 24.3 Å². The fraction of sp³-hybridized carbons (Fsp3) is 0.160. The first-order valence-electron chi connectivity index (χ1n) is 10.1. The van der Waals surface area contributed by atoms with Crippen LogP contribution in [0.3, 0.4) is 0 Å². The minimum Gasteiger partial charge on any atom is -0.372 e. The predicted octanol–water partition coefficient (Wildman–Crippen LogP) is 6.60. The third kappa shape index (κ3) is 3.59. The quantitative estimate of drug-likeness (QED) is 0.475. The van der Waals surface area contributed by atoms with E-state index in [4.69, 9.17) is 11.6 Å². The molecule has 3 aromatic carbocycles. The monoisotopic (exact) mass is 436 g/mol. The lowest BCUT2D eigenvalue weighted by Crippen LogP contribution is -2.27. The number of nitrogens with one attached hydrogen (secondary N) is 2. The zero-order valence-electron chi connectivity index (χ0n) is 16.5. The number of hydrogen-bond acceptors (Lipinski definition) is 3. The molecule has 2 aliphatic rings. The Balaban J connectivity index is 1.64. The first-order valence-corrected chi connectivity index (χ1v) is 10.5. The molecule has 0 aromatic heterocycles. The van der Waals surface area contributed by atoms with Gasteiger partial charge in [0.1, 0.15) is 11.6 Å². The van der Waals surface area contributed by atoms with Gasteiger partial charge in [0.05, 0.1) is 17.4 Å². The summed E-state index contributed by atoms with van der Waals surface area (Å²) in [6.45, 7) is 0. The van der Waals surface area contributed by atoms with Crippen molar-refractivity contribution in [1.29, 1.82) is 0 Å². The van der Waals surface area contributed by atoms with Crippen LogP contribution in [0.2, 0.25) is 5.02 Å². The maximum Gasteiger partial charge on any atom is 0.163 e. The number of rotatable bonds is 2. The van der Waals surface area contributed by atoms with Crippen LogP contribution >= 0.6 is 11.6 Å². The fourth-order valence-electron chi connectivity index (χ4n) is 4.47. The van der Waals surface area contributed by atoms with E-state index in [-0.39, 0.29) is 34.5 Å². The van der Waals surface area contributed by atoms with Crippen molar-refractivity contribution in [1.82, 2.24) is 0 Å². The number of Topliss-reactive ketones (excluding diaryl/α,β-unsaturated/α-hetero) is 1. The minimum atomic E-state index is -0.721. The number of fused-ring (bicyclic) bond motifs is 1. The Kier molecular flexibility index (Phi) is 4.98. The zero-order valence-corrected chi connectivity index (χ0v) is 17.2. The summed E-state index contributed by atoms with van der Waals surface area (Å²) in [5, 5.41) is 6.99. The number of ketones is 1. The molecule has 0 spiro atoms. The normalized spacial score (nSPS) is 20.3. The van der Waals surface area contributed by atoms with Crippen LogP contribution < -0.4 is 10.6 Å². The van der Waals surface area contributed by atoms with Crippen molar-refractivity contribution in [3.63, 3.8) is 0 Å². The van der Waals surface area contributed by atoms with Gasteiger partial charge in [-0.25, -0.2) is 8.78 Å². The van der Waals surface area contributed by atoms with Gasteiger partial charge < -0.3 is 10.6 Å². The summed E-state index contributed by atoms with van der Waals surface area (Å²) in [6.07, 6.45) is 0.804. The molecule has 2 atom stereocenters. The Morgan fingerprint density at radius 1 is 0.871 bits per heavy atom. The molecule has 0 bridgehead atoms. The van der Waals surface area contributed by atoms with E-state index >= 15 is 0 Å². The number of halogens is 3. The van der Waals surface area contributed by atoms with E-state index in [9.17, 15) is 13.6 Å². The molecule has 6 heteroatoms. The molecule has 156 valence electrons. The second kappa shape index (κ2) is 7.82. The summed E-state index contributed by atoms with van der Waals surface area (Å²) < 4.78 is 28.3. The number of para-hydroxylation sites is 2. The second-order valence-corrected chi connectivity index (χ2v) is 8.26. The average Bonchev–Trinajstić information content (AvgIpc) is 2.91. The number of hydrogen-bond donors (Lipinski definition) is 2. The molecule has 31 heavy (non-hydrogen) atoms. The minimum absolute atomic E-state index is 0.0901. The lowest BCUT2D eigenvalue weighted by Gasteiger charge is -2.30. The summed E-state index contributed by atoms with van der Waals surface area (Å²) in [5.41, 5.74) is 3.93. The molecule has 3 nitrogen and oxygen atoms in total. The summed E-state index contributed by atoms with van der Waals surface area (Å²) in [5.74, 6) is -0.968. The summed E-state index contributed by atoms with van der Waals surface area (Å²) >= 11 is 6.39. The first kappa shape index (κ1) is 19.8. The summed E-state index contributed by atoms with van der Waals surface area (Å²) in [4.78, 5) is 13.4. The van der Waals surface area contributed by atoms with Crippen molar-refractivity contribution in [3.8, 4) is 0 Å². The third-order valence-corrected chi connectivity index (χ3v) is 6.27. The summed E-state index contributed by atoms with van der Waals surface area (Å²) in [6, 6.07) is 17.6. The molecule has 0 radical (unpaired) electrons. The Morgan fingerprint density at radius 3 is 2.35 bits per heavy atom. The van der Waals surface area contributed by atoms with Gasteiger partial charge in [0.15, 0.2) is 5.78 Å². The van der Waals surface area contributed by atoms with Crippen LogP contribution in [0.1, 0.15) is 35.9 Å². The largest absolute Gasteiger partial charge is 0.372 e. The van der Waals surface area contributed by atoms with Crippen LogP contribution in [0.25, 0.3) is 0 Å². The fourth-order valence-corrected chi connectivity index (χ4v) is 4.74. The maximum absolute atomic E-state index is 14.9. The smallest absolute Gasteiger partial charge is 0.163 e. The van der Waals surface area contributed by atoms with Crippen LogP contribution in [0, 0.1) is 11.6 Å². The first-order chi connectivity index (χ1) is 15.0. The van der Waals surface area contributed by atoms with E-state index in [2.05, 4.69) is 10.6 Å². The molecule has 2 unspecified atom stereocenters. The average molecular weight is 437 g/mol. The number of anilines is 2. The molecule has 1 aliphatic heterocycles. The molecule has 2 N–H and O–H groups in total. The van der Waals surface area contributed by atoms with Gasteiger partial charge >= 0.3 is 0 Å². The van der Waals surface area contributed by atoms with Gasteiger partial charge in [0, 0.05) is 28.3 Å². The SMILES string of the molecule is O=C1CC(c2ccc(F)cc2)CC2=C1C(c1c(F)cccc1Cl)Nc1ccccc1N2. The molecule has 1 aliphatic carbocycles. The summed E-state index contributed by atoms with van der Waals surface area (Å²) in [7, 11) is 0. The van der Waals surface area contributed by atoms with Crippen molar-refractivity contribution < 1.29 is 13.6 Å². The van der Waals surface area contributed by atoms with Gasteiger partial charge in [-0.05, 0) is 54.3 Å². The van der Waals surface area contributed by atoms with E-state index in [1.165, 1.54) is 18.2 Å². The number of carbonyl (C=O) groups is 1. The van der Waals surface area contributed by atoms with Crippen LogP contribution in [-0.4, -0.2) is 5.78 Å². The van der Waals surface area contributed by atoms with E-state index < -0.39 is 11.9 Å². The van der Waals surface area contributed by atoms with Gasteiger partial charge in [-0.15, -0.1) is 0 Å².